The smallest absolute Gasteiger partial charge is 0.378 e. The molecule has 0 aliphatic carbocycles. The fourth-order valence-corrected chi connectivity index (χ4v) is 2.87. The molecule has 0 saturated carbocycles. The number of anilines is 2. The van der Waals surface area contributed by atoms with Gasteiger partial charge in [0.15, 0.2) is 0 Å². The Morgan fingerprint density at radius 2 is 1.87 bits per heavy atom. The summed E-state index contributed by atoms with van der Waals surface area (Å²) >= 11 is 0. The lowest BCUT2D eigenvalue weighted by atomic mass is 10.0. The number of ether oxygens (including phenoxy) is 1. The van der Waals surface area contributed by atoms with Gasteiger partial charge in [-0.3, -0.25) is 0 Å². The van der Waals surface area contributed by atoms with Crippen molar-refractivity contribution in [1.82, 2.24) is 4.98 Å². The number of rotatable bonds is 2. The number of morpholine rings is 1. The van der Waals surface area contributed by atoms with Crippen LogP contribution in [0, 0.1) is 0 Å². The van der Waals surface area contributed by atoms with E-state index in [4.69, 9.17) is 4.74 Å². The van der Waals surface area contributed by atoms with Gasteiger partial charge in [0.25, 0.3) is 0 Å². The van der Waals surface area contributed by atoms with Crippen LogP contribution in [-0.4, -0.2) is 45.4 Å². The molecule has 1 aliphatic heterocycles. The second-order valence-corrected chi connectivity index (χ2v) is 5.69. The molecule has 0 radical (unpaired) electrons. The Balaban J connectivity index is 2.27. The van der Waals surface area contributed by atoms with Gasteiger partial charge in [0, 0.05) is 38.0 Å². The highest BCUT2D eigenvalue weighted by Gasteiger charge is 2.34. The van der Waals surface area contributed by atoms with Crippen molar-refractivity contribution in [1.29, 1.82) is 0 Å². The molecule has 0 bridgehead atoms. The SMILES string of the molecule is CN(C)c1cnc(N2CCOCC2)c2cccc(C(F)(F)F)c12. The predicted molar refractivity (Wildman–Crippen MR) is 84.1 cm³/mol. The largest absolute Gasteiger partial charge is 0.417 e. The summed E-state index contributed by atoms with van der Waals surface area (Å²) in [6, 6.07) is 4.27. The van der Waals surface area contributed by atoms with Crippen molar-refractivity contribution in [3.63, 3.8) is 0 Å². The third-order valence-electron chi connectivity index (χ3n) is 3.97. The average Bonchev–Trinajstić information content (AvgIpc) is 2.53. The van der Waals surface area contributed by atoms with Crippen molar-refractivity contribution in [2.75, 3.05) is 50.2 Å². The molecule has 1 aromatic heterocycles. The fraction of sp³-hybridized carbons (Fsp3) is 0.438. The summed E-state index contributed by atoms with van der Waals surface area (Å²) in [6.07, 6.45) is -2.89. The van der Waals surface area contributed by atoms with E-state index in [-0.39, 0.29) is 5.39 Å². The van der Waals surface area contributed by atoms with Gasteiger partial charge in [-0.05, 0) is 6.07 Å². The van der Waals surface area contributed by atoms with Crippen molar-refractivity contribution >= 4 is 22.3 Å². The van der Waals surface area contributed by atoms with E-state index in [0.717, 1.165) is 6.07 Å². The zero-order valence-electron chi connectivity index (χ0n) is 13.0. The van der Waals surface area contributed by atoms with Crippen molar-refractivity contribution in [3.8, 4) is 0 Å². The van der Waals surface area contributed by atoms with Crippen molar-refractivity contribution in [2.45, 2.75) is 6.18 Å². The maximum atomic E-state index is 13.5. The predicted octanol–water partition coefficient (Wildman–Crippen LogP) is 3.16. The van der Waals surface area contributed by atoms with Gasteiger partial charge in [0.1, 0.15) is 5.82 Å². The first-order valence-electron chi connectivity index (χ1n) is 7.38. The lowest BCUT2D eigenvalue weighted by Gasteiger charge is -2.30. The monoisotopic (exact) mass is 325 g/mol. The number of aromatic nitrogens is 1. The molecule has 0 spiro atoms. The maximum absolute atomic E-state index is 13.5. The van der Waals surface area contributed by atoms with Crippen LogP contribution < -0.4 is 9.80 Å². The first-order chi connectivity index (χ1) is 10.9. The zero-order chi connectivity index (χ0) is 16.6. The van der Waals surface area contributed by atoms with Gasteiger partial charge in [0.2, 0.25) is 0 Å². The molecule has 1 aromatic carbocycles. The van der Waals surface area contributed by atoms with Crippen molar-refractivity contribution < 1.29 is 17.9 Å². The molecule has 1 fully saturated rings. The van der Waals surface area contributed by atoms with E-state index in [9.17, 15) is 13.2 Å². The molecule has 0 unspecified atom stereocenters. The van der Waals surface area contributed by atoms with Crippen LogP contribution in [0.25, 0.3) is 10.8 Å². The summed E-state index contributed by atoms with van der Waals surface area (Å²) in [7, 11) is 3.44. The number of pyridine rings is 1. The number of alkyl halides is 3. The zero-order valence-corrected chi connectivity index (χ0v) is 13.0. The van der Waals surface area contributed by atoms with E-state index in [0.29, 0.717) is 43.2 Å². The summed E-state index contributed by atoms with van der Waals surface area (Å²) in [4.78, 5) is 8.07. The van der Waals surface area contributed by atoms with Gasteiger partial charge < -0.3 is 14.5 Å². The fourth-order valence-electron chi connectivity index (χ4n) is 2.87. The van der Waals surface area contributed by atoms with Crippen LogP contribution in [0.3, 0.4) is 0 Å². The molecule has 0 atom stereocenters. The molecule has 23 heavy (non-hydrogen) atoms. The molecule has 2 aromatic rings. The molecule has 3 rings (SSSR count). The van der Waals surface area contributed by atoms with E-state index >= 15 is 0 Å². The van der Waals surface area contributed by atoms with Gasteiger partial charge in [-0.25, -0.2) is 4.98 Å². The van der Waals surface area contributed by atoms with Crippen LogP contribution in [-0.2, 0) is 10.9 Å². The third kappa shape index (κ3) is 2.93. The van der Waals surface area contributed by atoms with E-state index in [1.807, 2.05) is 4.90 Å². The second-order valence-electron chi connectivity index (χ2n) is 5.69. The number of nitrogens with zero attached hydrogens (tertiary/aromatic N) is 3. The lowest BCUT2D eigenvalue weighted by molar-refractivity contribution is -0.136. The Morgan fingerprint density at radius 3 is 2.48 bits per heavy atom. The summed E-state index contributed by atoms with van der Waals surface area (Å²) in [6.45, 7) is 2.36. The topological polar surface area (TPSA) is 28.6 Å². The van der Waals surface area contributed by atoms with E-state index in [1.54, 1.807) is 25.1 Å². The van der Waals surface area contributed by atoms with Crippen LogP contribution >= 0.6 is 0 Å². The molecule has 4 nitrogen and oxygen atoms in total. The van der Waals surface area contributed by atoms with Gasteiger partial charge >= 0.3 is 6.18 Å². The van der Waals surface area contributed by atoms with E-state index < -0.39 is 11.7 Å². The minimum atomic E-state index is -4.41. The first kappa shape index (κ1) is 15.9. The highest BCUT2D eigenvalue weighted by atomic mass is 19.4. The molecule has 1 aliphatic rings. The van der Waals surface area contributed by atoms with Crippen LogP contribution in [0.5, 0.6) is 0 Å². The molecular weight excluding hydrogens is 307 g/mol. The minimum absolute atomic E-state index is 0.196. The van der Waals surface area contributed by atoms with E-state index in [1.165, 1.54) is 12.3 Å². The Bertz CT molecular complexity index is 710. The number of halogens is 3. The van der Waals surface area contributed by atoms with Crippen molar-refractivity contribution in [3.05, 3.63) is 30.0 Å². The van der Waals surface area contributed by atoms with Crippen molar-refractivity contribution in [2.24, 2.45) is 0 Å². The van der Waals surface area contributed by atoms with Gasteiger partial charge in [-0.1, -0.05) is 12.1 Å². The van der Waals surface area contributed by atoms with Gasteiger partial charge in [-0.2, -0.15) is 13.2 Å². The normalized spacial score (nSPS) is 16.0. The molecule has 1 saturated heterocycles. The molecule has 124 valence electrons. The maximum Gasteiger partial charge on any atom is 0.417 e. The Hall–Kier alpha value is -2.02. The standard InChI is InChI=1S/C16H18F3N3O/c1-21(2)13-10-20-15(22-6-8-23-9-7-22)11-4-3-5-12(14(11)13)16(17,18)19/h3-5,10H,6-9H2,1-2H3. The van der Waals surface area contributed by atoms with E-state index in [2.05, 4.69) is 4.98 Å². The summed E-state index contributed by atoms with van der Waals surface area (Å²) in [5.41, 5.74) is -0.166. The number of hydrogen-bond acceptors (Lipinski definition) is 4. The second kappa shape index (κ2) is 5.88. The van der Waals surface area contributed by atoms with Crippen LogP contribution in [0.1, 0.15) is 5.56 Å². The summed E-state index contributed by atoms with van der Waals surface area (Å²) in [5, 5.41) is 0.717. The quantitative estimate of drug-likeness (QED) is 0.848. The summed E-state index contributed by atoms with van der Waals surface area (Å²) in [5.74, 6) is 0.583. The summed E-state index contributed by atoms with van der Waals surface area (Å²) < 4.78 is 45.7. The number of benzene rings is 1. The highest BCUT2D eigenvalue weighted by Crippen LogP contribution is 2.41. The Labute approximate surface area is 132 Å². The third-order valence-corrected chi connectivity index (χ3v) is 3.97. The minimum Gasteiger partial charge on any atom is -0.378 e. The average molecular weight is 325 g/mol. The van der Waals surface area contributed by atoms with Crippen LogP contribution in [0.15, 0.2) is 24.4 Å². The Kier molecular flexibility index (Phi) is 4.06. The number of hydrogen-bond donors (Lipinski definition) is 0. The molecule has 0 N–H and O–H groups in total. The van der Waals surface area contributed by atoms with Gasteiger partial charge in [0.05, 0.1) is 30.7 Å². The lowest BCUT2D eigenvalue weighted by Crippen LogP contribution is -2.37. The Morgan fingerprint density at radius 1 is 1.17 bits per heavy atom. The molecule has 0 amide bonds. The molecular formula is C16H18F3N3O. The number of fused-ring (bicyclic) bond motifs is 1. The van der Waals surface area contributed by atoms with Crippen LogP contribution in [0.2, 0.25) is 0 Å². The first-order valence-corrected chi connectivity index (χ1v) is 7.38. The van der Waals surface area contributed by atoms with Crippen LogP contribution in [0.4, 0.5) is 24.7 Å². The molecule has 2 heterocycles. The van der Waals surface area contributed by atoms with Gasteiger partial charge in [-0.15, -0.1) is 0 Å². The molecule has 7 heteroatoms. The highest BCUT2D eigenvalue weighted by molar-refractivity contribution is 6.02.